The van der Waals surface area contributed by atoms with Crippen LogP contribution in [0.5, 0.6) is 0 Å². The molecule has 0 spiro atoms. The highest BCUT2D eigenvalue weighted by atomic mass is 15.1. The molecule has 0 saturated heterocycles. The molecule has 0 saturated carbocycles. The Hall–Kier alpha value is -6.58. The second-order valence-corrected chi connectivity index (χ2v) is 12.6. The normalized spacial score (nSPS) is 11.7. The Bertz CT molecular complexity index is 2870. The zero-order chi connectivity index (χ0) is 32.3. The van der Waals surface area contributed by atoms with Crippen LogP contribution >= 0.6 is 0 Å². The van der Waals surface area contributed by atoms with Gasteiger partial charge in [0.2, 0.25) is 0 Å². The average molecular weight is 624 g/mol. The van der Waals surface area contributed by atoms with Gasteiger partial charge in [-0.15, -0.1) is 0 Å². The quantitative estimate of drug-likeness (QED) is 0.195. The molecule has 0 aliphatic carbocycles. The van der Waals surface area contributed by atoms with Crippen LogP contribution in [-0.2, 0) is 0 Å². The maximum absolute atomic E-state index is 5.55. The first-order chi connectivity index (χ1) is 24.3. The molecule has 10 aromatic rings. The van der Waals surface area contributed by atoms with Crippen molar-refractivity contribution < 1.29 is 0 Å². The fraction of sp³-hybridized carbons (Fsp3) is 0. The van der Waals surface area contributed by atoms with Crippen molar-refractivity contribution in [1.29, 1.82) is 0 Å². The van der Waals surface area contributed by atoms with Crippen LogP contribution in [0.4, 0.5) is 0 Å². The lowest BCUT2D eigenvalue weighted by Crippen LogP contribution is -2.04. The Balaban J connectivity index is 1.31. The van der Waals surface area contributed by atoms with Crippen LogP contribution in [0.15, 0.2) is 176 Å². The van der Waals surface area contributed by atoms with Crippen molar-refractivity contribution in [3.05, 3.63) is 176 Å². The molecule has 228 valence electrons. The summed E-state index contributed by atoms with van der Waals surface area (Å²) in [6.07, 6.45) is 0. The van der Waals surface area contributed by atoms with Crippen LogP contribution in [0.25, 0.3) is 93.7 Å². The van der Waals surface area contributed by atoms with Crippen LogP contribution in [0, 0.1) is 0 Å². The van der Waals surface area contributed by atoms with Crippen molar-refractivity contribution >= 4 is 54.4 Å². The van der Waals surface area contributed by atoms with Gasteiger partial charge in [0, 0.05) is 16.3 Å². The molecule has 2 aromatic heterocycles. The van der Waals surface area contributed by atoms with Crippen molar-refractivity contribution in [2.75, 3.05) is 0 Å². The Labute approximate surface area is 283 Å². The summed E-state index contributed by atoms with van der Waals surface area (Å²) in [5, 5.41) is 7.25. The molecule has 0 aliphatic heterocycles. The lowest BCUT2D eigenvalue weighted by Gasteiger charge is -2.17. The second kappa shape index (κ2) is 11.0. The van der Waals surface area contributed by atoms with Crippen molar-refractivity contribution in [2.24, 2.45) is 0 Å². The van der Waals surface area contributed by atoms with Gasteiger partial charge in [-0.2, -0.15) is 0 Å². The van der Waals surface area contributed by atoms with E-state index in [0.717, 1.165) is 61.4 Å². The van der Waals surface area contributed by atoms with Crippen molar-refractivity contribution in [2.45, 2.75) is 0 Å². The molecular weight excluding hydrogens is 595 g/mol. The summed E-state index contributed by atoms with van der Waals surface area (Å²) in [4.78, 5) is 11.0. The fourth-order valence-electron chi connectivity index (χ4n) is 7.37. The first-order valence-electron chi connectivity index (χ1n) is 16.7. The summed E-state index contributed by atoms with van der Waals surface area (Å²) in [7, 11) is 0. The van der Waals surface area contributed by atoms with Gasteiger partial charge >= 0.3 is 0 Å². The lowest BCUT2D eigenvalue weighted by atomic mass is 9.92. The van der Waals surface area contributed by atoms with Gasteiger partial charge in [0.05, 0.1) is 22.1 Å². The van der Waals surface area contributed by atoms with E-state index in [0.29, 0.717) is 0 Å². The molecule has 0 N–H and O–H groups in total. The highest BCUT2D eigenvalue weighted by molar-refractivity contribution is 6.14. The molecule has 2 heterocycles. The van der Waals surface area contributed by atoms with E-state index in [1.165, 1.54) is 32.3 Å². The van der Waals surface area contributed by atoms with Gasteiger partial charge in [0.25, 0.3) is 0 Å². The van der Waals surface area contributed by atoms with Gasteiger partial charge in [-0.1, -0.05) is 140 Å². The molecule has 0 bridgehead atoms. The van der Waals surface area contributed by atoms with Crippen LogP contribution in [0.2, 0.25) is 0 Å². The molecule has 0 unspecified atom stereocenters. The molecule has 0 amide bonds. The van der Waals surface area contributed by atoms with Crippen molar-refractivity contribution in [3.63, 3.8) is 0 Å². The number of nitrogens with zero attached hydrogens (tertiary/aromatic N) is 3. The Morgan fingerprint density at radius 3 is 1.67 bits per heavy atom. The first-order valence-corrected chi connectivity index (χ1v) is 16.7. The summed E-state index contributed by atoms with van der Waals surface area (Å²) in [5.74, 6) is 0.817. The van der Waals surface area contributed by atoms with Crippen LogP contribution in [-0.4, -0.2) is 14.5 Å². The fourth-order valence-corrected chi connectivity index (χ4v) is 7.37. The Morgan fingerprint density at radius 1 is 0.347 bits per heavy atom. The third-order valence-electron chi connectivity index (χ3n) is 9.73. The molecule has 8 aromatic carbocycles. The van der Waals surface area contributed by atoms with E-state index in [4.69, 9.17) is 9.97 Å². The molecular formula is C46H29N3. The summed E-state index contributed by atoms with van der Waals surface area (Å²) in [5.41, 5.74) is 10.4. The van der Waals surface area contributed by atoms with E-state index in [1.807, 2.05) is 6.07 Å². The van der Waals surface area contributed by atoms with Crippen LogP contribution in [0.3, 0.4) is 0 Å². The molecule has 0 atom stereocenters. The Morgan fingerprint density at radius 2 is 0.918 bits per heavy atom. The predicted octanol–water partition coefficient (Wildman–Crippen LogP) is 12.0. The highest BCUT2D eigenvalue weighted by Gasteiger charge is 2.21. The maximum atomic E-state index is 5.55. The third-order valence-corrected chi connectivity index (χ3v) is 9.73. The minimum Gasteiger partial charge on any atom is -0.292 e. The van der Waals surface area contributed by atoms with E-state index in [2.05, 4.69) is 174 Å². The van der Waals surface area contributed by atoms with Crippen LogP contribution < -0.4 is 0 Å². The number of aromatic nitrogens is 3. The second-order valence-electron chi connectivity index (χ2n) is 12.6. The zero-order valence-corrected chi connectivity index (χ0v) is 26.6. The minimum absolute atomic E-state index is 0.817. The smallest absolute Gasteiger partial charge is 0.165 e. The topological polar surface area (TPSA) is 30.7 Å². The largest absolute Gasteiger partial charge is 0.292 e. The maximum Gasteiger partial charge on any atom is 0.165 e. The minimum atomic E-state index is 0.817. The molecule has 0 fully saturated rings. The molecule has 3 heteroatoms. The van der Waals surface area contributed by atoms with Crippen molar-refractivity contribution in [1.82, 2.24) is 14.5 Å². The number of hydrogen-bond donors (Lipinski definition) is 0. The van der Waals surface area contributed by atoms with Gasteiger partial charge in [0.1, 0.15) is 5.69 Å². The van der Waals surface area contributed by atoms with Gasteiger partial charge in [-0.3, -0.25) is 4.57 Å². The molecule has 0 aliphatic rings. The number of para-hydroxylation sites is 1. The van der Waals surface area contributed by atoms with E-state index in [-0.39, 0.29) is 0 Å². The van der Waals surface area contributed by atoms with E-state index >= 15 is 0 Å². The molecule has 3 nitrogen and oxygen atoms in total. The van der Waals surface area contributed by atoms with E-state index in [9.17, 15) is 0 Å². The van der Waals surface area contributed by atoms with E-state index in [1.54, 1.807) is 0 Å². The van der Waals surface area contributed by atoms with E-state index < -0.39 is 0 Å². The monoisotopic (exact) mass is 623 g/mol. The molecule has 0 radical (unpaired) electrons. The van der Waals surface area contributed by atoms with Gasteiger partial charge < -0.3 is 0 Å². The number of hydrogen-bond acceptors (Lipinski definition) is 2. The SMILES string of the molecule is c1ccc(-c2cc3nc(-n4c5ccccc5c5cc6ccccc6cc54)c(-c4ccccc4)nc3cc2-c2ccc3ccccc3c2)cc1. The zero-order valence-electron chi connectivity index (χ0n) is 26.6. The van der Waals surface area contributed by atoms with Gasteiger partial charge in [0.15, 0.2) is 5.82 Å². The highest BCUT2D eigenvalue weighted by Crippen LogP contribution is 2.40. The lowest BCUT2D eigenvalue weighted by molar-refractivity contribution is 1.08. The Kier molecular flexibility index (Phi) is 6.18. The van der Waals surface area contributed by atoms with Gasteiger partial charge in [-0.05, 0) is 80.2 Å². The predicted molar refractivity (Wildman–Crippen MR) is 205 cm³/mol. The summed E-state index contributed by atoms with van der Waals surface area (Å²) in [6, 6.07) is 62.6. The molecule has 10 rings (SSSR count). The molecule has 49 heavy (non-hydrogen) atoms. The third kappa shape index (κ3) is 4.51. The van der Waals surface area contributed by atoms with Gasteiger partial charge in [-0.25, -0.2) is 9.97 Å². The standard InChI is InChI=1S/C46H29N3/c1-3-14-31(15-4-1)38-28-42-41(29-39(38)36-24-23-30-13-7-8-18-33(30)25-36)47-45(32-16-5-2-6-17-32)46(48-42)49-43-22-12-11-21-37(43)40-26-34-19-9-10-20-35(34)27-44(40)49/h1-29H. The van der Waals surface area contributed by atoms with Crippen molar-refractivity contribution in [3.8, 4) is 39.3 Å². The summed E-state index contributed by atoms with van der Waals surface area (Å²) >= 11 is 0. The summed E-state index contributed by atoms with van der Waals surface area (Å²) in [6.45, 7) is 0. The average Bonchev–Trinajstić information content (AvgIpc) is 3.49. The number of benzene rings is 8. The number of rotatable bonds is 4. The van der Waals surface area contributed by atoms with Crippen LogP contribution in [0.1, 0.15) is 0 Å². The summed E-state index contributed by atoms with van der Waals surface area (Å²) < 4.78 is 2.31. The first kappa shape index (κ1) is 27.5. The number of fused-ring (bicyclic) bond motifs is 6.